The quantitative estimate of drug-likeness (QED) is 0.544. The molecule has 3 rings (SSSR count). The van der Waals surface area contributed by atoms with Crippen molar-refractivity contribution in [1.82, 2.24) is 10.3 Å². The molecule has 1 aromatic carbocycles. The van der Waals surface area contributed by atoms with Gasteiger partial charge in [-0.1, -0.05) is 30.0 Å². The predicted octanol–water partition coefficient (Wildman–Crippen LogP) is 3.73. The monoisotopic (exact) mass is 437 g/mol. The summed E-state index contributed by atoms with van der Waals surface area (Å²) in [5, 5.41) is 24.1. The second-order valence-electron chi connectivity index (χ2n) is 6.14. The Balaban J connectivity index is 1.69. The van der Waals surface area contributed by atoms with Crippen LogP contribution in [0.25, 0.3) is 10.4 Å². The van der Waals surface area contributed by atoms with Gasteiger partial charge in [-0.2, -0.15) is 10.5 Å². The fraction of sp³-hybridized carbons (Fsp3) is 0.143. The molecular formula is C21H16FN5OS2. The number of pyridine rings is 1. The summed E-state index contributed by atoms with van der Waals surface area (Å²) in [5.41, 5.74) is 7.69. The average molecular weight is 438 g/mol. The van der Waals surface area contributed by atoms with Crippen LogP contribution in [0.5, 0.6) is 0 Å². The summed E-state index contributed by atoms with van der Waals surface area (Å²) in [6.45, 7) is 0.402. The number of halogens is 1. The summed E-state index contributed by atoms with van der Waals surface area (Å²) >= 11 is 2.48. The molecule has 0 aliphatic carbocycles. The first-order valence-electron chi connectivity index (χ1n) is 8.85. The number of nitrogens with two attached hydrogens (primary N) is 1. The summed E-state index contributed by atoms with van der Waals surface area (Å²) < 4.78 is 12.9. The van der Waals surface area contributed by atoms with E-state index in [1.165, 1.54) is 23.5 Å². The molecular weight excluding hydrogens is 421 g/mol. The number of nitriles is 2. The molecule has 150 valence electrons. The van der Waals surface area contributed by atoms with Crippen LogP contribution in [0.4, 0.5) is 10.2 Å². The molecule has 6 nitrogen and oxygen atoms in total. The second kappa shape index (κ2) is 9.88. The van der Waals surface area contributed by atoms with Crippen LogP contribution in [-0.2, 0) is 11.2 Å². The Kier molecular flexibility index (Phi) is 7.02. The molecule has 0 fully saturated rings. The van der Waals surface area contributed by atoms with Gasteiger partial charge in [0, 0.05) is 17.0 Å². The number of aromatic nitrogens is 1. The van der Waals surface area contributed by atoms with Crippen LogP contribution in [0.15, 0.2) is 46.8 Å². The minimum absolute atomic E-state index is 0.0270. The predicted molar refractivity (Wildman–Crippen MR) is 115 cm³/mol. The molecule has 2 aromatic heterocycles. The molecule has 0 unspecified atom stereocenters. The van der Waals surface area contributed by atoms with Crippen molar-refractivity contribution in [3.05, 3.63) is 64.3 Å². The van der Waals surface area contributed by atoms with Crippen molar-refractivity contribution in [3.8, 4) is 22.6 Å². The first-order valence-corrected chi connectivity index (χ1v) is 10.7. The number of carbonyl (C=O) groups is 1. The highest BCUT2D eigenvalue weighted by Crippen LogP contribution is 2.37. The molecule has 0 aliphatic rings. The number of rotatable bonds is 7. The number of nitrogens with zero attached hydrogens (tertiary/aromatic N) is 3. The molecule has 3 N–H and O–H groups in total. The Morgan fingerprint density at radius 3 is 2.57 bits per heavy atom. The van der Waals surface area contributed by atoms with Crippen molar-refractivity contribution >= 4 is 34.8 Å². The van der Waals surface area contributed by atoms with Crippen LogP contribution in [0.2, 0.25) is 0 Å². The zero-order valence-corrected chi connectivity index (χ0v) is 17.3. The lowest BCUT2D eigenvalue weighted by atomic mass is 10.0. The number of hydrogen-bond acceptors (Lipinski definition) is 7. The van der Waals surface area contributed by atoms with E-state index >= 15 is 0 Å². The van der Waals surface area contributed by atoms with Crippen molar-refractivity contribution in [1.29, 1.82) is 10.5 Å². The van der Waals surface area contributed by atoms with Crippen LogP contribution in [0.3, 0.4) is 0 Å². The molecule has 0 radical (unpaired) electrons. The summed E-state index contributed by atoms with van der Waals surface area (Å²) in [6, 6.07) is 13.8. The molecule has 3 aromatic rings. The zero-order chi connectivity index (χ0) is 21.5. The number of thioether (sulfide) groups is 1. The van der Waals surface area contributed by atoms with Gasteiger partial charge in [0.1, 0.15) is 34.4 Å². The number of nitrogen functional groups attached to an aromatic ring is 1. The van der Waals surface area contributed by atoms with E-state index in [2.05, 4.69) is 16.4 Å². The van der Waals surface area contributed by atoms with E-state index in [0.29, 0.717) is 23.6 Å². The third kappa shape index (κ3) is 4.95. The fourth-order valence-electron chi connectivity index (χ4n) is 2.75. The SMILES string of the molecule is N#Cc1c(N)nc(SCC(=O)NCCc2ccc(F)cc2)c(C#N)c1-c1cccs1. The fourth-order valence-corrected chi connectivity index (χ4v) is 4.36. The molecule has 0 saturated heterocycles. The lowest BCUT2D eigenvalue weighted by molar-refractivity contribution is -0.118. The standard InChI is InChI=1S/C21H16FN5OS2/c22-14-5-3-13(4-6-14)7-8-26-18(28)12-30-21-16(11-24)19(17-2-1-9-29-17)15(10-23)20(25)27-21/h1-6,9H,7-8,12H2,(H2,25,27)(H,26,28). The number of carbonyl (C=O) groups excluding carboxylic acids is 1. The average Bonchev–Trinajstić information content (AvgIpc) is 3.27. The Hall–Kier alpha value is -3.40. The smallest absolute Gasteiger partial charge is 0.230 e. The number of thiophene rings is 1. The van der Waals surface area contributed by atoms with E-state index in [1.54, 1.807) is 18.2 Å². The summed E-state index contributed by atoms with van der Waals surface area (Å²) in [7, 11) is 0. The Bertz CT molecular complexity index is 1130. The van der Waals surface area contributed by atoms with Crippen LogP contribution in [0, 0.1) is 28.5 Å². The maximum Gasteiger partial charge on any atom is 0.230 e. The van der Waals surface area contributed by atoms with Crippen molar-refractivity contribution in [2.45, 2.75) is 11.4 Å². The van der Waals surface area contributed by atoms with E-state index in [1.807, 2.05) is 17.5 Å². The Morgan fingerprint density at radius 1 is 1.20 bits per heavy atom. The molecule has 0 saturated carbocycles. The highest BCUT2D eigenvalue weighted by Gasteiger charge is 2.21. The Labute approximate surface area is 181 Å². The molecule has 2 heterocycles. The van der Waals surface area contributed by atoms with Crippen molar-refractivity contribution in [2.75, 3.05) is 18.0 Å². The van der Waals surface area contributed by atoms with Crippen molar-refractivity contribution < 1.29 is 9.18 Å². The number of amides is 1. The van der Waals surface area contributed by atoms with Crippen LogP contribution >= 0.6 is 23.1 Å². The van der Waals surface area contributed by atoms with E-state index in [9.17, 15) is 19.7 Å². The van der Waals surface area contributed by atoms with Gasteiger partial charge >= 0.3 is 0 Å². The molecule has 9 heteroatoms. The maximum absolute atomic E-state index is 12.9. The lowest BCUT2D eigenvalue weighted by Crippen LogP contribution is -2.27. The first-order chi connectivity index (χ1) is 14.5. The highest BCUT2D eigenvalue weighted by molar-refractivity contribution is 8.00. The number of anilines is 1. The van der Waals surface area contributed by atoms with E-state index in [-0.39, 0.29) is 34.4 Å². The van der Waals surface area contributed by atoms with E-state index < -0.39 is 0 Å². The number of benzene rings is 1. The van der Waals surface area contributed by atoms with Gasteiger partial charge in [0.05, 0.1) is 11.3 Å². The lowest BCUT2D eigenvalue weighted by Gasteiger charge is -2.11. The van der Waals surface area contributed by atoms with Gasteiger partial charge in [-0.15, -0.1) is 11.3 Å². The largest absolute Gasteiger partial charge is 0.383 e. The van der Waals surface area contributed by atoms with Crippen molar-refractivity contribution in [2.24, 2.45) is 0 Å². The first kappa shape index (κ1) is 21.3. The van der Waals surface area contributed by atoms with Gasteiger partial charge < -0.3 is 11.1 Å². The van der Waals surface area contributed by atoms with Gasteiger partial charge in [0.25, 0.3) is 0 Å². The van der Waals surface area contributed by atoms with Gasteiger partial charge in [0.2, 0.25) is 5.91 Å². The van der Waals surface area contributed by atoms with E-state index in [0.717, 1.165) is 22.2 Å². The van der Waals surface area contributed by atoms with Crippen LogP contribution in [0.1, 0.15) is 16.7 Å². The third-order valence-corrected chi connectivity index (χ3v) is 6.04. The van der Waals surface area contributed by atoms with Gasteiger partial charge in [-0.25, -0.2) is 9.37 Å². The molecule has 0 aliphatic heterocycles. The normalized spacial score (nSPS) is 10.2. The molecule has 0 spiro atoms. The molecule has 1 amide bonds. The summed E-state index contributed by atoms with van der Waals surface area (Å²) in [5.74, 6) is -0.462. The molecule has 30 heavy (non-hydrogen) atoms. The Morgan fingerprint density at radius 2 is 1.93 bits per heavy atom. The van der Waals surface area contributed by atoms with Gasteiger partial charge in [0.15, 0.2) is 0 Å². The van der Waals surface area contributed by atoms with Crippen LogP contribution < -0.4 is 11.1 Å². The number of nitrogens with one attached hydrogen (secondary N) is 1. The second-order valence-corrected chi connectivity index (χ2v) is 8.05. The maximum atomic E-state index is 12.9. The van der Waals surface area contributed by atoms with E-state index in [4.69, 9.17) is 5.73 Å². The van der Waals surface area contributed by atoms with Gasteiger partial charge in [-0.05, 0) is 35.6 Å². The molecule has 0 atom stereocenters. The number of hydrogen-bond donors (Lipinski definition) is 2. The van der Waals surface area contributed by atoms with Crippen LogP contribution in [-0.4, -0.2) is 23.2 Å². The summed E-state index contributed by atoms with van der Waals surface area (Å²) in [6.07, 6.45) is 0.574. The molecule has 0 bridgehead atoms. The summed E-state index contributed by atoms with van der Waals surface area (Å²) in [4.78, 5) is 17.1. The third-order valence-electron chi connectivity index (χ3n) is 4.17. The topological polar surface area (TPSA) is 116 Å². The minimum Gasteiger partial charge on any atom is -0.383 e. The van der Waals surface area contributed by atoms with Crippen molar-refractivity contribution in [3.63, 3.8) is 0 Å². The zero-order valence-electron chi connectivity index (χ0n) is 15.7. The highest BCUT2D eigenvalue weighted by atomic mass is 32.2. The minimum atomic E-state index is -0.302. The van der Waals surface area contributed by atoms with Gasteiger partial charge in [-0.3, -0.25) is 4.79 Å².